The number of piperazine rings is 1. The normalized spacial score (nSPS) is 16.6. The summed E-state index contributed by atoms with van der Waals surface area (Å²) >= 11 is 0. The molecule has 6 heteroatoms. The number of nitrogens with zero attached hydrogens (tertiary/aromatic N) is 5. The summed E-state index contributed by atoms with van der Waals surface area (Å²) in [4.78, 5) is 30.6. The summed E-state index contributed by atoms with van der Waals surface area (Å²) in [6.07, 6.45) is 4.95. The van der Waals surface area contributed by atoms with Crippen LogP contribution in [0.2, 0.25) is 0 Å². The molecule has 0 spiro atoms. The average Bonchev–Trinajstić information content (AvgIpc) is 3.22. The lowest BCUT2D eigenvalue weighted by atomic mass is 10.2. The Kier molecular flexibility index (Phi) is 3.96. The summed E-state index contributed by atoms with van der Waals surface area (Å²) in [5, 5.41) is 1.05. The molecule has 3 heterocycles. The van der Waals surface area contributed by atoms with Crippen LogP contribution in [0.4, 0.5) is 5.82 Å². The lowest BCUT2D eigenvalue weighted by molar-refractivity contribution is 0.0741. The summed E-state index contributed by atoms with van der Waals surface area (Å²) in [5.74, 6) is 1.07. The molecule has 3 aromatic rings. The second-order valence-electron chi connectivity index (χ2n) is 7.14. The predicted molar refractivity (Wildman–Crippen MR) is 104 cm³/mol. The molecule has 5 rings (SSSR count). The van der Waals surface area contributed by atoms with Crippen molar-refractivity contribution in [3.8, 4) is 0 Å². The van der Waals surface area contributed by atoms with Crippen molar-refractivity contribution >= 4 is 22.6 Å². The van der Waals surface area contributed by atoms with E-state index in [9.17, 15) is 4.79 Å². The van der Waals surface area contributed by atoms with Crippen LogP contribution < -0.4 is 4.90 Å². The molecule has 1 saturated heterocycles. The van der Waals surface area contributed by atoms with E-state index in [4.69, 9.17) is 0 Å². The van der Waals surface area contributed by atoms with Crippen molar-refractivity contribution in [1.29, 1.82) is 0 Å². The molecule has 1 aromatic carbocycles. The Morgan fingerprint density at radius 3 is 2.67 bits per heavy atom. The molecule has 0 atom stereocenters. The molecule has 27 heavy (non-hydrogen) atoms. The smallest absolute Gasteiger partial charge is 0.272 e. The van der Waals surface area contributed by atoms with Crippen molar-refractivity contribution in [2.45, 2.75) is 19.3 Å². The zero-order valence-electron chi connectivity index (χ0n) is 15.1. The maximum absolute atomic E-state index is 12.9. The van der Waals surface area contributed by atoms with Gasteiger partial charge in [0, 0.05) is 42.8 Å². The summed E-state index contributed by atoms with van der Waals surface area (Å²) in [6, 6.07) is 11.7. The first kappa shape index (κ1) is 16.2. The van der Waals surface area contributed by atoms with Crippen LogP contribution in [0.25, 0.3) is 10.9 Å². The molecule has 136 valence electrons. The number of hydrogen-bond donors (Lipinski definition) is 0. The van der Waals surface area contributed by atoms with E-state index in [-0.39, 0.29) is 5.91 Å². The second-order valence-corrected chi connectivity index (χ2v) is 7.14. The molecule has 0 N–H and O–H groups in total. The summed E-state index contributed by atoms with van der Waals surface area (Å²) in [5.41, 5.74) is 3.87. The number of para-hydroxylation sites is 1. The topological polar surface area (TPSA) is 62.2 Å². The highest BCUT2D eigenvalue weighted by Crippen LogP contribution is 2.28. The highest BCUT2D eigenvalue weighted by molar-refractivity contribution is 5.95. The zero-order valence-corrected chi connectivity index (χ0v) is 15.1. The van der Waals surface area contributed by atoms with Gasteiger partial charge in [-0.3, -0.25) is 4.79 Å². The zero-order chi connectivity index (χ0) is 18.2. The molecule has 0 radical (unpaired) electrons. The number of aryl methyl sites for hydroxylation is 1. The number of hydrogen-bond acceptors (Lipinski definition) is 5. The van der Waals surface area contributed by atoms with Crippen LogP contribution >= 0.6 is 0 Å². The van der Waals surface area contributed by atoms with E-state index in [2.05, 4.69) is 19.9 Å². The minimum atomic E-state index is 0.00770. The van der Waals surface area contributed by atoms with Gasteiger partial charge in [0.25, 0.3) is 5.91 Å². The Bertz CT molecular complexity index is 1010. The fourth-order valence-corrected chi connectivity index (χ4v) is 4.08. The number of benzene rings is 1. The van der Waals surface area contributed by atoms with Gasteiger partial charge in [-0.25, -0.2) is 15.0 Å². The van der Waals surface area contributed by atoms with Gasteiger partial charge in [0.2, 0.25) is 0 Å². The van der Waals surface area contributed by atoms with Crippen LogP contribution in [0.15, 0.2) is 42.7 Å². The number of rotatable bonds is 2. The Labute approximate surface area is 157 Å². The number of fused-ring (bicyclic) bond motifs is 2. The van der Waals surface area contributed by atoms with Crippen molar-refractivity contribution in [2.75, 3.05) is 31.1 Å². The number of carbonyl (C=O) groups is 1. The van der Waals surface area contributed by atoms with Gasteiger partial charge in [-0.2, -0.15) is 0 Å². The molecule has 1 aliphatic carbocycles. The van der Waals surface area contributed by atoms with E-state index in [1.54, 1.807) is 6.33 Å². The van der Waals surface area contributed by atoms with Gasteiger partial charge in [-0.15, -0.1) is 0 Å². The highest BCUT2D eigenvalue weighted by Gasteiger charge is 2.27. The van der Waals surface area contributed by atoms with Crippen LogP contribution in [0, 0.1) is 0 Å². The minimum Gasteiger partial charge on any atom is -0.353 e. The van der Waals surface area contributed by atoms with Crippen LogP contribution in [0.1, 0.15) is 28.2 Å². The molecule has 0 unspecified atom stereocenters. The molecular weight excluding hydrogens is 338 g/mol. The van der Waals surface area contributed by atoms with E-state index >= 15 is 0 Å². The van der Waals surface area contributed by atoms with Crippen molar-refractivity contribution in [2.24, 2.45) is 0 Å². The quantitative estimate of drug-likeness (QED) is 0.703. The molecule has 2 aromatic heterocycles. The van der Waals surface area contributed by atoms with E-state index < -0.39 is 0 Å². The van der Waals surface area contributed by atoms with Crippen LogP contribution in [-0.4, -0.2) is 51.9 Å². The van der Waals surface area contributed by atoms with Gasteiger partial charge in [0.15, 0.2) is 0 Å². The maximum atomic E-state index is 12.9. The number of amides is 1. The lowest BCUT2D eigenvalue weighted by Gasteiger charge is -2.36. The Morgan fingerprint density at radius 1 is 0.926 bits per heavy atom. The van der Waals surface area contributed by atoms with Crippen LogP contribution in [0.5, 0.6) is 0 Å². The fraction of sp³-hybridized carbons (Fsp3) is 0.333. The average molecular weight is 359 g/mol. The summed E-state index contributed by atoms with van der Waals surface area (Å²) in [6.45, 7) is 2.96. The van der Waals surface area contributed by atoms with Crippen molar-refractivity contribution in [3.05, 3.63) is 59.7 Å². The third-order valence-corrected chi connectivity index (χ3v) is 5.54. The Balaban J connectivity index is 1.31. The van der Waals surface area contributed by atoms with Gasteiger partial charge in [-0.1, -0.05) is 24.3 Å². The first-order valence-electron chi connectivity index (χ1n) is 9.52. The SMILES string of the molecule is O=C(c1ccc2ccccc2n1)N1CCN(c2ncnc3c2CCC3)CC1. The Morgan fingerprint density at radius 2 is 1.78 bits per heavy atom. The third-order valence-electron chi connectivity index (χ3n) is 5.54. The Hall–Kier alpha value is -3.02. The second kappa shape index (κ2) is 6.61. The van der Waals surface area contributed by atoms with Crippen molar-refractivity contribution in [1.82, 2.24) is 19.9 Å². The first-order chi connectivity index (χ1) is 13.3. The molecule has 0 bridgehead atoms. The van der Waals surface area contributed by atoms with Crippen LogP contribution in [-0.2, 0) is 12.8 Å². The fourth-order valence-electron chi connectivity index (χ4n) is 4.08. The highest BCUT2D eigenvalue weighted by atomic mass is 16.2. The standard InChI is InChI=1S/C21H21N5O/c27-21(19-9-8-15-4-1-2-6-17(15)24-19)26-12-10-25(11-13-26)20-16-5-3-7-18(16)22-14-23-20/h1-2,4,6,8-9,14H,3,5,7,10-13H2. The van der Waals surface area contributed by atoms with Gasteiger partial charge in [0.05, 0.1) is 5.52 Å². The molecule has 0 saturated carbocycles. The summed E-state index contributed by atoms with van der Waals surface area (Å²) < 4.78 is 0. The van der Waals surface area contributed by atoms with E-state index in [0.717, 1.165) is 49.1 Å². The predicted octanol–water partition coefficient (Wildman–Crippen LogP) is 2.48. The lowest BCUT2D eigenvalue weighted by Crippen LogP contribution is -2.49. The number of aromatic nitrogens is 3. The van der Waals surface area contributed by atoms with E-state index in [1.807, 2.05) is 41.3 Å². The monoisotopic (exact) mass is 359 g/mol. The van der Waals surface area contributed by atoms with Crippen LogP contribution in [0.3, 0.4) is 0 Å². The minimum absolute atomic E-state index is 0.00770. The number of pyridine rings is 1. The number of anilines is 1. The largest absolute Gasteiger partial charge is 0.353 e. The van der Waals surface area contributed by atoms with Crippen molar-refractivity contribution < 1.29 is 4.79 Å². The molecule has 1 amide bonds. The molecule has 6 nitrogen and oxygen atoms in total. The molecule has 1 aliphatic heterocycles. The first-order valence-corrected chi connectivity index (χ1v) is 9.52. The van der Waals surface area contributed by atoms with E-state index in [1.165, 1.54) is 11.3 Å². The molecule has 1 fully saturated rings. The van der Waals surface area contributed by atoms with Gasteiger partial charge in [-0.05, 0) is 31.4 Å². The van der Waals surface area contributed by atoms with Gasteiger partial charge in [0.1, 0.15) is 17.8 Å². The van der Waals surface area contributed by atoms with Gasteiger partial charge >= 0.3 is 0 Å². The third kappa shape index (κ3) is 2.91. The maximum Gasteiger partial charge on any atom is 0.272 e. The van der Waals surface area contributed by atoms with Crippen molar-refractivity contribution in [3.63, 3.8) is 0 Å². The van der Waals surface area contributed by atoms with E-state index in [0.29, 0.717) is 18.8 Å². The van der Waals surface area contributed by atoms with Gasteiger partial charge < -0.3 is 9.80 Å². The number of carbonyl (C=O) groups excluding carboxylic acids is 1. The molecule has 2 aliphatic rings. The summed E-state index contributed by atoms with van der Waals surface area (Å²) in [7, 11) is 0. The molecular formula is C21H21N5O.